The fourth-order valence-electron chi connectivity index (χ4n) is 4.06. The van der Waals surface area contributed by atoms with E-state index in [1.54, 1.807) is 23.5 Å². The maximum atomic E-state index is 13.4. The quantitative estimate of drug-likeness (QED) is 0.356. The van der Waals surface area contributed by atoms with Crippen LogP contribution in [0.4, 0.5) is 10.3 Å². The smallest absolute Gasteiger partial charge is 0.229 e. The van der Waals surface area contributed by atoms with Crippen LogP contribution in [-0.4, -0.2) is 34.4 Å². The first-order valence-electron chi connectivity index (χ1n) is 11.4. The molecule has 35 heavy (non-hydrogen) atoms. The Hall–Kier alpha value is -3.78. The topological polar surface area (TPSA) is 58.6 Å². The van der Waals surface area contributed by atoms with Crippen LogP contribution in [0.2, 0.25) is 0 Å². The molecule has 2 aromatic heterocycles. The van der Waals surface area contributed by atoms with Crippen molar-refractivity contribution in [3.8, 4) is 11.6 Å². The normalized spacial score (nSPS) is 12.8. The molecule has 0 fully saturated rings. The summed E-state index contributed by atoms with van der Waals surface area (Å²) in [6.45, 7) is 1.60. The highest BCUT2D eigenvalue weighted by Gasteiger charge is 2.27. The summed E-state index contributed by atoms with van der Waals surface area (Å²) in [7, 11) is 1.94. The number of nitrogens with zero attached hydrogens (tertiary/aromatic N) is 4. The van der Waals surface area contributed by atoms with Gasteiger partial charge < -0.3 is 14.5 Å². The van der Waals surface area contributed by atoms with Crippen LogP contribution in [0.5, 0.6) is 11.6 Å². The summed E-state index contributed by atoms with van der Waals surface area (Å²) in [6.07, 6.45) is 0.986. The summed E-state index contributed by atoms with van der Waals surface area (Å²) in [4.78, 5) is 27.4. The van der Waals surface area contributed by atoms with E-state index < -0.39 is 0 Å². The number of aromatic nitrogens is 2. The van der Waals surface area contributed by atoms with Crippen molar-refractivity contribution < 1.29 is 13.9 Å². The molecule has 0 aliphatic carbocycles. The van der Waals surface area contributed by atoms with Crippen molar-refractivity contribution >= 4 is 23.2 Å². The van der Waals surface area contributed by atoms with Crippen LogP contribution in [-0.2, 0) is 30.7 Å². The molecule has 0 bridgehead atoms. The van der Waals surface area contributed by atoms with Gasteiger partial charge in [-0.1, -0.05) is 36.4 Å². The van der Waals surface area contributed by atoms with Crippen LogP contribution in [0.3, 0.4) is 0 Å². The van der Waals surface area contributed by atoms with Crippen molar-refractivity contribution in [2.75, 3.05) is 18.5 Å². The van der Waals surface area contributed by atoms with Crippen LogP contribution in [0.15, 0.2) is 72.1 Å². The molecule has 0 radical (unpaired) electrons. The van der Waals surface area contributed by atoms with Crippen LogP contribution in [0.1, 0.15) is 21.7 Å². The van der Waals surface area contributed by atoms with Crippen molar-refractivity contribution in [2.45, 2.75) is 25.9 Å². The first-order valence-corrected chi connectivity index (χ1v) is 12.3. The number of fused-ring (bicyclic) bond motifs is 1. The number of hydrogen-bond donors (Lipinski definition) is 0. The number of thiophene rings is 1. The minimum atomic E-state index is -0.337. The van der Waals surface area contributed by atoms with Gasteiger partial charge in [-0.3, -0.25) is 4.79 Å². The van der Waals surface area contributed by atoms with Gasteiger partial charge in [0.25, 0.3) is 0 Å². The van der Waals surface area contributed by atoms with Crippen LogP contribution >= 0.6 is 11.3 Å². The zero-order chi connectivity index (χ0) is 24.2. The second-order valence-electron chi connectivity index (χ2n) is 8.47. The number of rotatable bonds is 7. The molecule has 1 aliphatic rings. The van der Waals surface area contributed by atoms with Crippen LogP contribution in [0, 0.1) is 5.82 Å². The molecule has 6 nitrogen and oxygen atoms in total. The SMILES string of the molecule is CN(Cc1ccccc1)c1nc2c(c(Oc3ccc(F)cc3)n1)CN(C(=O)Cc1cccs1)CC2. The molecule has 2 aromatic carbocycles. The van der Waals surface area contributed by atoms with Gasteiger partial charge in [0.2, 0.25) is 17.7 Å². The largest absolute Gasteiger partial charge is 0.438 e. The molecular weight excluding hydrogens is 463 g/mol. The van der Waals surface area contributed by atoms with E-state index in [-0.39, 0.29) is 11.7 Å². The summed E-state index contributed by atoms with van der Waals surface area (Å²) >= 11 is 1.58. The lowest BCUT2D eigenvalue weighted by molar-refractivity contribution is -0.131. The minimum absolute atomic E-state index is 0.0658. The van der Waals surface area contributed by atoms with Crippen molar-refractivity contribution in [3.63, 3.8) is 0 Å². The molecular formula is C27H25FN4O2S. The number of halogens is 1. The Morgan fingerprint density at radius 3 is 2.63 bits per heavy atom. The highest BCUT2D eigenvalue weighted by molar-refractivity contribution is 7.10. The Morgan fingerprint density at radius 2 is 1.89 bits per heavy atom. The van der Waals surface area contributed by atoms with Crippen LogP contribution in [0.25, 0.3) is 0 Å². The molecule has 0 unspecified atom stereocenters. The Bertz CT molecular complexity index is 1300. The Balaban J connectivity index is 1.44. The van der Waals surface area contributed by atoms with E-state index in [1.165, 1.54) is 12.1 Å². The molecule has 0 spiro atoms. The Labute approximate surface area is 207 Å². The number of amides is 1. The van der Waals surface area contributed by atoms with E-state index in [2.05, 4.69) is 12.1 Å². The van der Waals surface area contributed by atoms with Crippen molar-refractivity contribution in [3.05, 3.63) is 99.6 Å². The molecule has 3 heterocycles. The number of carbonyl (C=O) groups is 1. The van der Waals surface area contributed by atoms with Gasteiger partial charge in [0.1, 0.15) is 11.6 Å². The summed E-state index contributed by atoms with van der Waals surface area (Å²) < 4.78 is 19.6. The second-order valence-corrected chi connectivity index (χ2v) is 9.51. The number of carbonyl (C=O) groups excluding carboxylic acids is 1. The number of anilines is 1. The Morgan fingerprint density at radius 1 is 1.09 bits per heavy atom. The summed E-state index contributed by atoms with van der Waals surface area (Å²) in [5, 5.41) is 1.98. The van der Waals surface area contributed by atoms with Gasteiger partial charge >= 0.3 is 0 Å². The molecule has 5 rings (SSSR count). The maximum absolute atomic E-state index is 13.4. The minimum Gasteiger partial charge on any atom is -0.438 e. The lowest BCUT2D eigenvalue weighted by atomic mass is 10.1. The van der Waals surface area contributed by atoms with E-state index >= 15 is 0 Å². The fraction of sp³-hybridized carbons (Fsp3) is 0.222. The van der Waals surface area contributed by atoms with E-state index in [0.29, 0.717) is 50.1 Å². The van der Waals surface area contributed by atoms with E-state index in [4.69, 9.17) is 14.7 Å². The van der Waals surface area contributed by atoms with Crippen LogP contribution < -0.4 is 9.64 Å². The predicted molar refractivity (Wildman–Crippen MR) is 134 cm³/mol. The zero-order valence-corrected chi connectivity index (χ0v) is 20.2. The standard InChI is InChI=1S/C27H25FN4O2S/c1-31(17-19-6-3-2-4-7-19)27-29-24-13-14-32(25(33)16-22-8-5-15-35-22)18-23(24)26(30-27)34-21-11-9-20(28)10-12-21/h2-12,15H,13-14,16-18H2,1H3. The number of benzene rings is 2. The van der Waals surface area contributed by atoms with E-state index in [0.717, 1.165) is 21.7 Å². The summed E-state index contributed by atoms with van der Waals surface area (Å²) in [5.74, 6) is 1.14. The average molecular weight is 489 g/mol. The molecule has 0 saturated carbocycles. The highest BCUT2D eigenvalue weighted by atomic mass is 32.1. The van der Waals surface area contributed by atoms with Gasteiger partial charge in [-0.25, -0.2) is 9.37 Å². The fourth-order valence-corrected chi connectivity index (χ4v) is 4.75. The zero-order valence-electron chi connectivity index (χ0n) is 19.4. The number of hydrogen-bond acceptors (Lipinski definition) is 6. The molecule has 4 aromatic rings. The molecule has 1 aliphatic heterocycles. The van der Waals surface area contributed by atoms with E-state index in [1.807, 2.05) is 52.6 Å². The summed E-state index contributed by atoms with van der Waals surface area (Å²) in [6, 6.07) is 19.9. The molecule has 1 amide bonds. The average Bonchev–Trinajstić information content (AvgIpc) is 3.38. The first-order chi connectivity index (χ1) is 17.0. The first kappa shape index (κ1) is 23.0. The van der Waals surface area contributed by atoms with Gasteiger partial charge in [0.15, 0.2) is 0 Å². The Kier molecular flexibility index (Phi) is 6.72. The molecule has 8 heteroatoms. The maximum Gasteiger partial charge on any atom is 0.229 e. The monoisotopic (exact) mass is 488 g/mol. The van der Waals surface area contributed by atoms with Crippen molar-refractivity contribution in [1.82, 2.24) is 14.9 Å². The lowest BCUT2D eigenvalue weighted by Gasteiger charge is -2.30. The lowest BCUT2D eigenvalue weighted by Crippen LogP contribution is -2.37. The highest BCUT2D eigenvalue weighted by Crippen LogP contribution is 2.32. The third kappa shape index (κ3) is 5.49. The molecule has 0 saturated heterocycles. The van der Waals surface area contributed by atoms with Gasteiger partial charge in [0, 0.05) is 31.4 Å². The molecule has 0 atom stereocenters. The predicted octanol–water partition coefficient (Wildman–Crippen LogP) is 5.23. The summed E-state index contributed by atoms with van der Waals surface area (Å²) in [5.41, 5.74) is 2.80. The third-order valence-electron chi connectivity index (χ3n) is 5.90. The third-order valence-corrected chi connectivity index (χ3v) is 6.78. The number of ether oxygens (including phenoxy) is 1. The molecule has 0 N–H and O–H groups in total. The van der Waals surface area contributed by atoms with Gasteiger partial charge in [0.05, 0.1) is 24.2 Å². The molecule has 178 valence electrons. The van der Waals surface area contributed by atoms with Gasteiger partial charge in [-0.2, -0.15) is 4.98 Å². The van der Waals surface area contributed by atoms with Crippen molar-refractivity contribution in [1.29, 1.82) is 0 Å². The van der Waals surface area contributed by atoms with Crippen molar-refractivity contribution in [2.24, 2.45) is 0 Å². The van der Waals surface area contributed by atoms with E-state index in [9.17, 15) is 9.18 Å². The van der Waals surface area contributed by atoms with Gasteiger partial charge in [-0.15, -0.1) is 11.3 Å². The second kappa shape index (κ2) is 10.2. The van der Waals surface area contributed by atoms with Gasteiger partial charge in [-0.05, 0) is 41.3 Å².